The molecule has 0 bridgehead atoms. The first-order valence-corrected chi connectivity index (χ1v) is 9.23. The molecule has 29 heavy (non-hydrogen) atoms. The van der Waals surface area contributed by atoms with E-state index in [2.05, 4.69) is 30.6 Å². The van der Waals surface area contributed by atoms with Crippen molar-refractivity contribution in [3.05, 3.63) is 35.7 Å². The van der Waals surface area contributed by atoms with Crippen molar-refractivity contribution in [1.82, 2.24) is 30.5 Å². The number of benzene rings is 1. The van der Waals surface area contributed by atoms with Crippen LogP contribution in [-0.2, 0) is 0 Å². The summed E-state index contributed by atoms with van der Waals surface area (Å²) in [4.78, 5) is 14.7. The molecule has 2 heterocycles. The summed E-state index contributed by atoms with van der Waals surface area (Å²) in [6.45, 7) is 4.44. The van der Waals surface area contributed by atoms with Gasteiger partial charge in [-0.3, -0.25) is 4.79 Å². The minimum Gasteiger partial charge on any atom is -0.435 e. The van der Waals surface area contributed by atoms with Crippen molar-refractivity contribution in [2.75, 3.05) is 39.3 Å². The Morgan fingerprint density at radius 3 is 2.62 bits per heavy atom. The average molecular weight is 431 g/mol. The number of halogens is 3. The van der Waals surface area contributed by atoms with E-state index in [9.17, 15) is 13.6 Å². The second-order valence-corrected chi connectivity index (χ2v) is 6.51. The fourth-order valence-corrected chi connectivity index (χ4v) is 3.08. The number of carbonyl (C=O) groups excluding carboxylic acids is 1. The van der Waals surface area contributed by atoms with Gasteiger partial charge in [-0.05, 0) is 44.2 Å². The van der Waals surface area contributed by atoms with Crippen LogP contribution in [0.5, 0.6) is 5.75 Å². The van der Waals surface area contributed by atoms with Crippen molar-refractivity contribution in [3.63, 3.8) is 0 Å². The van der Waals surface area contributed by atoms with Crippen LogP contribution in [0.2, 0.25) is 0 Å². The predicted octanol–water partition coefficient (Wildman–Crippen LogP) is 1.62. The Bertz CT molecular complexity index is 781. The van der Waals surface area contributed by atoms with Crippen molar-refractivity contribution in [3.8, 4) is 11.4 Å². The first kappa shape index (κ1) is 23.0. The number of piperazine rings is 1. The van der Waals surface area contributed by atoms with Crippen LogP contribution in [0.3, 0.4) is 0 Å². The number of carbonyl (C=O) groups is 1. The van der Waals surface area contributed by atoms with Crippen molar-refractivity contribution in [2.45, 2.75) is 20.0 Å². The summed E-state index contributed by atoms with van der Waals surface area (Å²) in [6.07, 6.45) is 0.866. The Morgan fingerprint density at radius 2 is 1.97 bits per heavy atom. The van der Waals surface area contributed by atoms with Crippen LogP contribution in [0.4, 0.5) is 8.78 Å². The molecular weight excluding hydrogens is 406 g/mol. The van der Waals surface area contributed by atoms with E-state index in [1.54, 1.807) is 19.1 Å². The molecule has 1 saturated heterocycles. The van der Waals surface area contributed by atoms with Gasteiger partial charge < -0.3 is 20.3 Å². The van der Waals surface area contributed by atoms with E-state index in [4.69, 9.17) is 0 Å². The van der Waals surface area contributed by atoms with Gasteiger partial charge >= 0.3 is 6.61 Å². The molecular formula is C18H25ClF2N6O2. The molecule has 1 aliphatic heterocycles. The van der Waals surface area contributed by atoms with Crippen LogP contribution in [0.15, 0.2) is 24.3 Å². The summed E-state index contributed by atoms with van der Waals surface area (Å²) in [5.41, 5.74) is 1.42. The lowest BCUT2D eigenvalue weighted by Crippen LogP contribution is -2.44. The van der Waals surface area contributed by atoms with E-state index in [1.165, 1.54) is 16.8 Å². The normalized spacial score (nSPS) is 14.5. The van der Waals surface area contributed by atoms with E-state index >= 15 is 0 Å². The van der Waals surface area contributed by atoms with Crippen LogP contribution >= 0.6 is 12.4 Å². The molecule has 1 aromatic heterocycles. The van der Waals surface area contributed by atoms with E-state index in [0.29, 0.717) is 17.9 Å². The maximum Gasteiger partial charge on any atom is 0.387 e. The predicted molar refractivity (Wildman–Crippen MR) is 106 cm³/mol. The van der Waals surface area contributed by atoms with Crippen LogP contribution < -0.4 is 15.4 Å². The van der Waals surface area contributed by atoms with Crippen LogP contribution in [-0.4, -0.2) is 71.7 Å². The second-order valence-electron chi connectivity index (χ2n) is 6.51. The van der Waals surface area contributed by atoms with E-state index in [-0.39, 0.29) is 29.8 Å². The monoisotopic (exact) mass is 430 g/mol. The molecule has 2 N–H and O–H groups in total. The Balaban J connectivity index is 0.00000300. The first-order valence-electron chi connectivity index (χ1n) is 9.23. The highest BCUT2D eigenvalue weighted by Gasteiger charge is 2.17. The van der Waals surface area contributed by atoms with Gasteiger partial charge in [-0.25, -0.2) is 4.68 Å². The fraction of sp³-hybridized carbons (Fsp3) is 0.500. The Hall–Kier alpha value is -2.30. The number of amides is 1. The standard InChI is InChI=1S/C18H24F2N6O2.ClH/c1-13-16(17(27)22-7-2-10-25-11-8-21-9-12-25)23-24-26(13)14-3-5-15(6-4-14)28-18(19)20;/h3-6,18,21H,2,7-12H2,1H3,(H,22,27);1H. The molecule has 0 spiro atoms. The molecule has 160 valence electrons. The molecule has 11 heteroatoms. The van der Waals surface area contributed by atoms with E-state index < -0.39 is 6.61 Å². The van der Waals surface area contributed by atoms with Gasteiger partial charge in [0, 0.05) is 32.7 Å². The molecule has 0 atom stereocenters. The lowest BCUT2D eigenvalue weighted by Gasteiger charge is -2.26. The maximum atomic E-state index is 12.4. The van der Waals surface area contributed by atoms with Gasteiger partial charge in [-0.1, -0.05) is 5.21 Å². The highest BCUT2D eigenvalue weighted by atomic mass is 35.5. The largest absolute Gasteiger partial charge is 0.435 e. The number of nitrogens with one attached hydrogen (secondary N) is 2. The minimum absolute atomic E-state index is 0. The molecule has 1 aromatic carbocycles. The fourth-order valence-electron chi connectivity index (χ4n) is 3.08. The highest BCUT2D eigenvalue weighted by Crippen LogP contribution is 2.18. The molecule has 1 aliphatic rings. The van der Waals surface area contributed by atoms with Gasteiger partial charge in [0.2, 0.25) is 0 Å². The molecule has 0 radical (unpaired) electrons. The van der Waals surface area contributed by atoms with Crippen molar-refractivity contribution in [1.29, 1.82) is 0 Å². The minimum atomic E-state index is -2.87. The molecule has 0 saturated carbocycles. The van der Waals surface area contributed by atoms with Crippen molar-refractivity contribution < 1.29 is 18.3 Å². The third kappa shape index (κ3) is 6.34. The Labute approximate surface area is 174 Å². The van der Waals surface area contributed by atoms with Gasteiger partial charge in [0.1, 0.15) is 5.75 Å². The van der Waals surface area contributed by atoms with Crippen molar-refractivity contribution in [2.24, 2.45) is 0 Å². The SMILES string of the molecule is Cc1c(C(=O)NCCCN2CCNCC2)nnn1-c1ccc(OC(F)F)cc1.Cl. The number of hydrogen-bond acceptors (Lipinski definition) is 6. The van der Waals surface area contributed by atoms with Gasteiger partial charge in [0.15, 0.2) is 5.69 Å². The summed E-state index contributed by atoms with van der Waals surface area (Å²) in [7, 11) is 0. The van der Waals surface area contributed by atoms with Crippen LogP contribution in [0.1, 0.15) is 22.6 Å². The third-order valence-corrected chi connectivity index (χ3v) is 4.56. The molecule has 0 unspecified atom stereocenters. The van der Waals surface area contributed by atoms with Crippen LogP contribution in [0, 0.1) is 6.92 Å². The van der Waals surface area contributed by atoms with E-state index in [0.717, 1.165) is 39.1 Å². The summed E-state index contributed by atoms with van der Waals surface area (Å²) in [6, 6.07) is 5.99. The van der Waals surface area contributed by atoms with Crippen molar-refractivity contribution >= 4 is 18.3 Å². The molecule has 0 aliphatic carbocycles. The number of hydrogen-bond donors (Lipinski definition) is 2. The summed E-state index contributed by atoms with van der Waals surface area (Å²) < 4.78 is 30.3. The zero-order chi connectivity index (χ0) is 19.9. The number of nitrogens with zero attached hydrogens (tertiary/aromatic N) is 4. The maximum absolute atomic E-state index is 12.4. The topological polar surface area (TPSA) is 84.3 Å². The summed E-state index contributed by atoms with van der Waals surface area (Å²) in [5.74, 6) is -0.222. The molecule has 2 aromatic rings. The van der Waals surface area contributed by atoms with E-state index in [1.807, 2.05) is 0 Å². The molecule has 1 amide bonds. The van der Waals surface area contributed by atoms with Gasteiger partial charge in [0.05, 0.1) is 11.4 Å². The Morgan fingerprint density at radius 1 is 1.28 bits per heavy atom. The summed E-state index contributed by atoms with van der Waals surface area (Å²) in [5, 5.41) is 14.1. The summed E-state index contributed by atoms with van der Waals surface area (Å²) >= 11 is 0. The lowest BCUT2D eigenvalue weighted by molar-refractivity contribution is -0.0498. The van der Waals surface area contributed by atoms with Crippen LogP contribution in [0.25, 0.3) is 5.69 Å². The number of ether oxygens (including phenoxy) is 1. The van der Waals surface area contributed by atoms with Gasteiger partial charge in [-0.2, -0.15) is 8.78 Å². The molecule has 8 nitrogen and oxygen atoms in total. The zero-order valence-corrected chi connectivity index (χ0v) is 16.9. The first-order chi connectivity index (χ1) is 13.5. The average Bonchev–Trinajstić information content (AvgIpc) is 3.07. The number of rotatable bonds is 8. The van der Waals surface area contributed by atoms with Gasteiger partial charge in [-0.15, -0.1) is 17.5 Å². The highest BCUT2D eigenvalue weighted by molar-refractivity contribution is 5.93. The second kappa shape index (κ2) is 11.0. The molecule has 1 fully saturated rings. The molecule has 3 rings (SSSR count). The lowest BCUT2D eigenvalue weighted by atomic mass is 10.2. The number of alkyl halides is 2. The number of aromatic nitrogens is 3. The smallest absolute Gasteiger partial charge is 0.387 e. The Kier molecular flexibility index (Phi) is 8.74. The zero-order valence-electron chi connectivity index (χ0n) is 16.1. The quantitative estimate of drug-likeness (QED) is 0.619. The third-order valence-electron chi connectivity index (χ3n) is 4.56. The van der Waals surface area contributed by atoms with Gasteiger partial charge in [0.25, 0.3) is 5.91 Å².